The van der Waals surface area contributed by atoms with Gasteiger partial charge in [0.1, 0.15) is 0 Å². The van der Waals surface area contributed by atoms with E-state index in [1.165, 1.54) is 0 Å². The average molecular weight is 302 g/mol. The van der Waals surface area contributed by atoms with E-state index in [-0.39, 0.29) is 12.1 Å². The van der Waals surface area contributed by atoms with Gasteiger partial charge in [0.05, 0.1) is 5.41 Å². The van der Waals surface area contributed by atoms with Crippen LogP contribution < -0.4 is 0 Å². The fraction of sp³-hybridized carbons (Fsp3) is 0.857. The molecule has 116 valence electrons. The lowest BCUT2D eigenvalue weighted by atomic mass is 9.82. The lowest BCUT2D eigenvalue weighted by Gasteiger charge is -2.40. The van der Waals surface area contributed by atoms with Gasteiger partial charge >= 0.3 is 12.0 Å². The van der Waals surface area contributed by atoms with Gasteiger partial charge in [-0.3, -0.25) is 4.79 Å². The number of rotatable bonds is 5. The molecule has 1 aliphatic rings. The highest BCUT2D eigenvalue weighted by Crippen LogP contribution is 2.30. The Labute approximate surface area is 125 Å². The highest BCUT2D eigenvalue weighted by molar-refractivity contribution is 7.98. The van der Waals surface area contributed by atoms with Crippen molar-refractivity contribution >= 4 is 23.8 Å². The van der Waals surface area contributed by atoms with Gasteiger partial charge in [0.15, 0.2) is 0 Å². The second kappa shape index (κ2) is 7.20. The maximum Gasteiger partial charge on any atom is 0.320 e. The zero-order valence-electron chi connectivity index (χ0n) is 12.9. The summed E-state index contributed by atoms with van der Waals surface area (Å²) in [6, 6.07) is 0.124. The van der Waals surface area contributed by atoms with Crippen LogP contribution in [0.15, 0.2) is 0 Å². The smallest absolute Gasteiger partial charge is 0.320 e. The summed E-state index contributed by atoms with van der Waals surface area (Å²) in [6.45, 7) is 4.72. The summed E-state index contributed by atoms with van der Waals surface area (Å²) in [7, 11) is 1.81. The molecule has 1 heterocycles. The number of piperidine rings is 1. The number of hydrogen-bond acceptors (Lipinski definition) is 3. The Hall–Kier alpha value is -0.910. The van der Waals surface area contributed by atoms with Crippen LogP contribution in [0.1, 0.15) is 33.1 Å². The molecular formula is C14H26N2O3S. The van der Waals surface area contributed by atoms with Gasteiger partial charge < -0.3 is 14.9 Å². The number of likely N-dealkylation sites (tertiary alicyclic amines) is 1. The first-order chi connectivity index (χ1) is 9.31. The molecule has 6 heteroatoms. The summed E-state index contributed by atoms with van der Waals surface area (Å²) in [5.41, 5.74) is -0.808. The van der Waals surface area contributed by atoms with Gasteiger partial charge in [-0.2, -0.15) is 11.8 Å². The number of hydrogen-bond donors (Lipinski definition) is 1. The maximum absolute atomic E-state index is 12.5. The van der Waals surface area contributed by atoms with Crippen LogP contribution in [0.25, 0.3) is 0 Å². The van der Waals surface area contributed by atoms with Crippen LogP contribution in [0.2, 0.25) is 0 Å². The van der Waals surface area contributed by atoms with Crippen molar-refractivity contribution in [3.05, 3.63) is 0 Å². The van der Waals surface area contributed by atoms with E-state index < -0.39 is 11.4 Å². The number of carbonyl (C=O) groups excluding carboxylic acids is 1. The number of amides is 2. The van der Waals surface area contributed by atoms with Crippen molar-refractivity contribution in [2.45, 2.75) is 39.2 Å². The Bertz CT molecular complexity index is 364. The van der Waals surface area contributed by atoms with E-state index in [1.807, 2.05) is 6.92 Å². The molecule has 0 bridgehead atoms. The Morgan fingerprint density at radius 3 is 2.70 bits per heavy atom. The molecule has 0 spiro atoms. The third-order valence-corrected chi connectivity index (χ3v) is 4.83. The molecule has 1 N–H and O–H groups in total. The van der Waals surface area contributed by atoms with Gasteiger partial charge in [0, 0.05) is 26.2 Å². The minimum absolute atomic E-state index is 0.0502. The van der Waals surface area contributed by atoms with Gasteiger partial charge in [-0.1, -0.05) is 0 Å². The second-order valence-corrected chi connectivity index (χ2v) is 6.90. The Balaban J connectivity index is 2.64. The molecule has 5 nitrogen and oxygen atoms in total. The monoisotopic (exact) mass is 302 g/mol. The molecule has 0 saturated carbocycles. The van der Waals surface area contributed by atoms with Crippen molar-refractivity contribution in [2.24, 2.45) is 5.41 Å². The van der Waals surface area contributed by atoms with Crippen molar-refractivity contribution in [3.63, 3.8) is 0 Å². The number of carbonyl (C=O) groups is 2. The van der Waals surface area contributed by atoms with E-state index >= 15 is 0 Å². The Morgan fingerprint density at radius 1 is 1.50 bits per heavy atom. The normalized spacial score (nSPS) is 24.3. The van der Waals surface area contributed by atoms with Gasteiger partial charge in [0.2, 0.25) is 0 Å². The first kappa shape index (κ1) is 17.1. The quantitative estimate of drug-likeness (QED) is 0.847. The van der Waals surface area contributed by atoms with Crippen molar-refractivity contribution < 1.29 is 14.7 Å². The Morgan fingerprint density at radius 2 is 2.15 bits per heavy atom. The number of aliphatic carboxylic acids is 1. The molecular weight excluding hydrogens is 276 g/mol. The van der Waals surface area contributed by atoms with E-state index in [9.17, 15) is 14.7 Å². The summed E-state index contributed by atoms with van der Waals surface area (Å²) < 4.78 is 0. The number of thioether (sulfide) groups is 1. The summed E-state index contributed by atoms with van der Waals surface area (Å²) >= 11 is 1.77. The minimum atomic E-state index is -0.812. The van der Waals surface area contributed by atoms with Crippen LogP contribution in [0.3, 0.4) is 0 Å². The molecule has 0 aromatic carbocycles. The van der Waals surface area contributed by atoms with E-state index in [1.54, 1.807) is 35.5 Å². The summed E-state index contributed by atoms with van der Waals surface area (Å²) in [5, 5.41) is 9.31. The largest absolute Gasteiger partial charge is 0.481 e. The molecule has 2 amide bonds. The first-order valence-electron chi connectivity index (χ1n) is 7.06. The lowest BCUT2D eigenvalue weighted by molar-refractivity contribution is -0.150. The van der Waals surface area contributed by atoms with Crippen LogP contribution in [-0.2, 0) is 4.79 Å². The SMILES string of the molecule is CSCCC(C)N(C)C(=O)N1CCCC(C)(C(=O)O)C1. The Kier molecular flexibility index (Phi) is 6.17. The number of carboxylic acids is 1. The first-order valence-corrected chi connectivity index (χ1v) is 8.45. The zero-order chi connectivity index (χ0) is 15.3. The van der Waals surface area contributed by atoms with E-state index in [0.717, 1.165) is 18.6 Å². The average Bonchev–Trinajstić information content (AvgIpc) is 2.43. The second-order valence-electron chi connectivity index (χ2n) is 5.91. The van der Waals surface area contributed by atoms with Crippen molar-refractivity contribution in [1.82, 2.24) is 9.80 Å². The van der Waals surface area contributed by atoms with Gasteiger partial charge in [-0.15, -0.1) is 0 Å². The number of nitrogens with zero attached hydrogens (tertiary/aromatic N) is 2. The van der Waals surface area contributed by atoms with Crippen LogP contribution >= 0.6 is 11.8 Å². The minimum Gasteiger partial charge on any atom is -0.481 e. The molecule has 2 atom stereocenters. The van der Waals surface area contributed by atoms with Crippen LogP contribution in [-0.4, -0.2) is 65.1 Å². The molecule has 0 aliphatic carbocycles. The number of urea groups is 1. The van der Waals surface area contributed by atoms with Gasteiger partial charge in [-0.05, 0) is 45.1 Å². The summed E-state index contributed by atoms with van der Waals surface area (Å²) in [4.78, 5) is 27.2. The zero-order valence-corrected chi connectivity index (χ0v) is 13.7. The van der Waals surface area contributed by atoms with Crippen molar-refractivity contribution in [2.75, 3.05) is 32.1 Å². The predicted molar refractivity (Wildman–Crippen MR) is 82.2 cm³/mol. The van der Waals surface area contributed by atoms with E-state index in [2.05, 4.69) is 6.26 Å². The fourth-order valence-electron chi connectivity index (χ4n) is 2.47. The molecule has 2 unspecified atom stereocenters. The fourth-order valence-corrected chi connectivity index (χ4v) is 3.05. The molecule has 1 saturated heterocycles. The molecule has 1 rings (SSSR count). The maximum atomic E-state index is 12.5. The van der Waals surface area contributed by atoms with E-state index in [4.69, 9.17) is 0 Å². The van der Waals surface area contributed by atoms with Crippen molar-refractivity contribution in [3.8, 4) is 0 Å². The molecule has 1 fully saturated rings. The predicted octanol–water partition coefficient (Wildman–Crippen LogP) is 2.37. The highest BCUT2D eigenvalue weighted by Gasteiger charge is 2.40. The number of carboxylic acid groups (broad SMARTS) is 1. The molecule has 0 aromatic heterocycles. The summed E-state index contributed by atoms with van der Waals surface area (Å²) in [5.74, 6) is 0.208. The lowest BCUT2D eigenvalue weighted by Crippen LogP contribution is -2.53. The molecule has 0 aromatic rings. The van der Waals surface area contributed by atoms with Gasteiger partial charge in [0.25, 0.3) is 0 Å². The molecule has 1 aliphatic heterocycles. The summed E-state index contributed by atoms with van der Waals surface area (Å²) in [6.07, 6.45) is 4.39. The molecule has 0 radical (unpaired) electrons. The third-order valence-electron chi connectivity index (χ3n) is 4.19. The van der Waals surface area contributed by atoms with Gasteiger partial charge in [-0.25, -0.2) is 4.79 Å². The third kappa shape index (κ3) is 4.04. The van der Waals surface area contributed by atoms with E-state index in [0.29, 0.717) is 19.5 Å². The highest BCUT2D eigenvalue weighted by atomic mass is 32.2. The van der Waals surface area contributed by atoms with Crippen LogP contribution in [0.4, 0.5) is 4.79 Å². The topological polar surface area (TPSA) is 60.9 Å². The van der Waals surface area contributed by atoms with Crippen LogP contribution in [0.5, 0.6) is 0 Å². The standard InChI is InChI=1S/C14H26N2O3S/c1-11(6-9-20-4)15(3)13(19)16-8-5-7-14(2,10-16)12(17)18/h11H,5-10H2,1-4H3,(H,17,18). The van der Waals surface area contributed by atoms with Crippen LogP contribution in [0, 0.1) is 5.41 Å². The van der Waals surface area contributed by atoms with Crippen molar-refractivity contribution in [1.29, 1.82) is 0 Å². The molecule has 20 heavy (non-hydrogen) atoms.